The zero-order valence-electron chi connectivity index (χ0n) is 7.70. The smallest absolute Gasteiger partial charge is 0.0342 e. The van der Waals surface area contributed by atoms with Gasteiger partial charge in [-0.05, 0) is 28.3 Å². The second-order valence-corrected chi connectivity index (χ2v) is 3.67. The van der Waals surface area contributed by atoms with E-state index in [2.05, 4.69) is 36.4 Å². The monoisotopic (exact) mass is 204 g/mol. The fraction of sp³-hybridized carbons (Fsp3) is 0.167. The molecule has 3 rings (SSSR count). The molecule has 72 valence electrons. The van der Waals surface area contributed by atoms with E-state index in [1.807, 2.05) is 0 Å². The Morgan fingerprint density at radius 1 is 1.07 bits per heavy atom. The van der Waals surface area contributed by atoms with Crippen molar-refractivity contribution < 1.29 is 12.4 Å². The Labute approximate surface area is 89.3 Å². The molecule has 0 aromatic heterocycles. The van der Waals surface area contributed by atoms with Crippen LogP contribution in [-0.4, -0.2) is 0 Å². The van der Waals surface area contributed by atoms with Gasteiger partial charge in [0.05, 0.1) is 0 Å². The van der Waals surface area contributed by atoms with Crippen molar-refractivity contribution in [3.05, 3.63) is 47.5 Å². The normalized spacial score (nSPS) is 18.2. The lowest BCUT2D eigenvalue weighted by atomic mass is 10.1. The van der Waals surface area contributed by atoms with E-state index in [-0.39, 0.29) is 18.4 Å². The van der Waals surface area contributed by atoms with Gasteiger partial charge in [0.25, 0.3) is 0 Å². The topological polar surface area (TPSA) is 26.0 Å². The number of hydrogen-bond donors (Lipinski definition) is 1. The average molecular weight is 205 g/mol. The van der Waals surface area contributed by atoms with Gasteiger partial charge >= 0.3 is 0 Å². The van der Waals surface area contributed by atoms with Crippen LogP contribution in [0.4, 0.5) is 0 Å². The molecule has 1 aliphatic carbocycles. The fourth-order valence-corrected chi connectivity index (χ4v) is 2.28. The molecule has 14 heavy (non-hydrogen) atoms. The number of halogens is 1. The molecule has 0 fully saturated rings. The van der Waals surface area contributed by atoms with Crippen LogP contribution >= 0.6 is 0 Å². The Morgan fingerprint density at radius 3 is 2.57 bits per heavy atom. The molecule has 0 spiro atoms. The molecule has 0 heterocycles. The minimum absolute atomic E-state index is 0. The third kappa shape index (κ3) is 1.13. The number of hydrogen-bond acceptors (Lipinski definition) is 1. The molecule has 1 atom stereocenters. The van der Waals surface area contributed by atoms with Gasteiger partial charge in [-0.1, -0.05) is 36.4 Å². The Hall–Kier alpha value is -1.05. The third-order valence-corrected chi connectivity index (χ3v) is 2.86. The average Bonchev–Trinajstić information content (AvgIpc) is 2.47. The van der Waals surface area contributed by atoms with Crippen LogP contribution in [0.2, 0.25) is 0 Å². The molecule has 1 unspecified atom stereocenters. The van der Waals surface area contributed by atoms with Crippen LogP contribution in [0.25, 0.3) is 10.8 Å². The lowest BCUT2D eigenvalue weighted by Gasteiger charge is -2.02. The first kappa shape index (κ1) is 9.50. The van der Waals surface area contributed by atoms with E-state index in [1.54, 1.807) is 0 Å². The number of rotatable bonds is 0. The summed E-state index contributed by atoms with van der Waals surface area (Å²) in [6.07, 6.45) is 0.997. The van der Waals surface area contributed by atoms with Crippen molar-refractivity contribution in [2.75, 3.05) is 0 Å². The molecule has 0 bridgehead atoms. The second-order valence-electron chi connectivity index (χ2n) is 3.67. The maximum atomic E-state index is 6.04. The van der Waals surface area contributed by atoms with E-state index in [0.717, 1.165) is 6.42 Å². The molecular weight excluding hydrogens is 194 g/mol. The Morgan fingerprint density at radius 2 is 1.79 bits per heavy atom. The molecular formula is C12H11ClN-. The van der Waals surface area contributed by atoms with Gasteiger partial charge in [-0.3, -0.25) is 0 Å². The summed E-state index contributed by atoms with van der Waals surface area (Å²) in [5, 5.41) is 2.71. The van der Waals surface area contributed by atoms with Crippen LogP contribution < -0.4 is 18.1 Å². The molecule has 0 saturated carbocycles. The van der Waals surface area contributed by atoms with E-state index in [9.17, 15) is 0 Å². The molecule has 0 amide bonds. The Bertz CT molecular complexity index is 473. The van der Waals surface area contributed by atoms with Crippen LogP contribution in [0.3, 0.4) is 0 Å². The highest BCUT2D eigenvalue weighted by molar-refractivity contribution is 5.91. The number of benzene rings is 2. The summed E-state index contributed by atoms with van der Waals surface area (Å²) >= 11 is 0. The minimum Gasteiger partial charge on any atom is -1.00 e. The zero-order valence-corrected chi connectivity index (χ0v) is 8.46. The van der Waals surface area contributed by atoms with Crippen LogP contribution in [0.5, 0.6) is 0 Å². The third-order valence-electron chi connectivity index (χ3n) is 2.86. The maximum absolute atomic E-state index is 6.04. The van der Waals surface area contributed by atoms with Crippen LogP contribution in [0.15, 0.2) is 36.4 Å². The first-order valence-corrected chi connectivity index (χ1v) is 4.62. The molecule has 1 nitrogen and oxygen atoms in total. The van der Waals surface area contributed by atoms with Crippen molar-refractivity contribution in [1.82, 2.24) is 0 Å². The molecule has 0 aliphatic heterocycles. The first-order chi connectivity index (χ1) is 6.36. The highest BCUT2D eigenvalue weighted by atomic mass is 35.5. The van der Waals surface area contributed by atoms with E-state index in [4.69, 9.17) is 5.73 Å². The van der Waals surface area contributed by atoms with Crippen LogP contribution in [0, 0.1) is 0 Å². The highest BCUT2D eigenvalue weighted by Crippen LogP contribution is 2.35. The Kier molecular flexibility index (Phi) is 2.22. The van der Waals surface area contributed by atoms with Crippen molar-refractivity contribution in [3.8, 4) is 0 Å². The standard InChI is InChI=1S/C12H11N.ClH/c13-11-7-9-5-1-3-8-4-2-6-10(11)12(8)9;/h1-6,11H,7,13H2;1H/p-1. The van der Waals surface area contributed by atoms with Gasteiger partial charge in [-0.25, -0.2) is 0 Å². The molecule has 2 N–H and O–H groups in total. The predicted octanol–water partition coefficient (Wildman–Crippen LogP) is -0.600. The lowest BCUT2D eigenvalue weighted by Crippen LogP contribution is -3.00. The Balaban J connectivity index is 0.000000750. The first-order valence-electron chi connectivity index (χ1n) is 4.62. The second kappa shape index (κ2) is 3.26. The molecule has 2 heteroatoms. The van der Waals surface area contributed by atoms with Gasteiger partial charge in [0.15, 0.2) is 0 Å². The van der Waals surface area contributed by atoms with Crippen LogP contribution in [0.1, 0.15) is 17.2 Å². The number of nitrogens with two attached hydrogens (primary N) is 1. The van der Waals surface area contributed by atoms with Gasteiger partial charge in [-0.15, -0.1) is 0 Å². The van der Waals surface area contributed by atoms with Gasteiger partial charge in [0.2, 0.25) is 0 Å². The van der Waals surface area contributed by atoms with E-state index in [1.165, 1.54) is 21.9 Å². The maximum Gasteiger partial charge on any atom is 0.0342 e. The van der Waals surface area contributed by atoms with E-state index < -0.39 is 0 Å². The van der Waals surface area contributed by atoms with E-state index in [0.29, 0.717) is 0 Å². The molecule has 0 saturated heterocycles. The molecule has 0 radical (unpaired) electrons. The summed E-state index contributed by atoms with van der Waals surface area (Å²) in [4.78, 5) is 0. The SMILES string of the molecule is NC1Cc2cccc3cccc1c23.[Cl-]. The summed E-state index contributed by atoms with van der Waals surface area (Å²) in [5.74, 6) is 0. The molecule has 1 aliphatic rings. The quantitative estimate of drug-likeness (QED) is 0.610. The molecule has 2 aromatic carbocycles. The minimum atomic E-state index is 0. The zero-order chi connectivity index (χ0) is 8.84. The molecule has 2 aromatic rings. The largest absolute Gasteiger partial charge is 1.00 e. The van der Waals surface area contributed by atoms with Gasteiger partial charge < -0.3 is 18.1 Å². The van der Waals surface area contributed by atoms with Gasteiger partial charge in [0.1, 0.15) is 0 Å². The van der Waals surface area contributed by atoms with E-state index >= 15 is 0 Å². The summed E-state index contributed by atoms with van der Waals surface area (Å²) in [6.45, 7) is 0. The lowest BCUT2D eigenvalue weighted by molar-refractivity contribution is -0.00000263. The summed E-state index contributed by atoms with van der Waals surface area (Å²) < 4.78 is 0. The van der Waals surface area contributed by atoms with Crippen molar-refractivity contribution in [2.24, 2.45) is 5.73 Å². The summed E-state index contributed by atoms with van der Waals surface area (Å²) in [6, 6.07) is 13.0. The summed E-state index contributed by atoms with van der Waals surface area (Å²) in [7, 11) is 0. The van der Waals surface area contributed by atoms with Crippen molar-refractivity contribution in [2.45, 2.75) is 12.5 Å². The predicted molar refractivity (Wildman–Crippen MR) is 54.6 cm³/mol. The van der Waals surface area contributed by atoms with Crippen molar-refractivity contribution in [1.29, 1.82) is 0 Å². The van der Waals surface area contributed by atoms with Gasteiger partial charge in [-0.2, -0.15) is 0 Å². The fourth-order valence-electron chi connectivity index (χ4n) is 2.28. The van der Waals surface area contributed by atoms with Crippen molar-refractivity contribution in [3.63, 3.8) is 0 Å². The summed E-state index contributed by atoms with van der Waals surface area (Å²) in [5.41, 5.74) is 8.76. The van der Waals surface area contributed by atoms with Crippen LogP contribution in [-0.2, 0) is 6.42 Å². The van der Waals surface area contributed by atoms with Crippen molar-refractivity contribution >= 4 is 10.8 Å². The van der Waals surface area contributed by atoms with Gasteiger partial charge in [0, 0.05) is 6.04 Å². The highest BCUT2D eigenvalue weighted by Gasteiger charge is 2.19.